The molecule has 78 valence electrons. The van der Waals surface area contributed by atoms with Crippen LogP contribution in [0.1, 0.15) is 17.5 Å². The Bertz CT molecular complexity index is 518. The first kappa shape index (κ1) is 9.12. The lowest BCUT2D eigenvalue weighted by Gasteiger charge is -2.20. The van der Waals surface area contributed by atoms with Crippen LogP contribution in [-0.4, -0.2) is 11.0 Å². The lowest BCUT2D eigenvalue weighted by atomic mass is 9.89. The van der Waals surface area contributed by atoms with Gasteiger partial charge < -0.3 is 11.5 Å². The zero-order chi connectivity index (χ0) is 10.4. The van der Waals surface area contributed by atoms with Crippen LogP contribution in [0.5, 0.6) is 0 Å². The summed E-state index contributed by atoms with van der Waals surface area (Å²) in [7, 11) is 0. The summed E-state index contributed by atoms with van der Waals surface area (Å²) in [6, 6.07) is 4.69. The third-order valence-corrected chi connectivity index (χ3v) is 3.84. The van der Waals surface area contributed by atoms with Gasteiger partial charge in [-0.1, -0.05) is 11.3 Å². The maximum Gasteiger partial charge on any atom is 0.181 e. The van der Waals surface area contributed by atoms with Crippen LogP contribution in [0.2, 0.25) is 0 Å². The van der Waals surface area contributed by atoms with Gasteiger partial charge in [0, 0.05) is 6.04 Å². The van der Waals surface area contributed by atoms with E-state index in [2.05, 4.69) is 17.1 Å². The molecule has 1 aliphatic carbocycles. The summed E-state index contributed by atoms with van der Waals surface area (Å²) in [5.74, 6) is 0. The highest BCUT2D eigenvalue weighted by Gasteiger charge is 2.16. The summed E-state index contributed by atoms with van der Waals surface area (Å²) >= 11 is 1.56. The molecule has 15 heavy (non-hydrogen) atoms. The van der Waals surface area contributed by atoms with Gasteiger partial charge in [0.15, 0.2) is 5.13 Å². The number of fused-ring (bicyclic) bond motifs is 2. The number of hydrogen-bond donors (Lipinski definition) is 2. The van der Waals surface area contributed by atoms with E-state index in [0.29, 0.717) is 11.2 Å². The zero-order valence-corrected chi connectivity index (χ0v) is 9.18. The quantitative estimate of drug-likeness (QED) is 0.708. The predicted molar refractivity (Wildman–Crippen MR) is 64.0 cm³/mol. The number of hydrogen-bond acceptors (Lipinski definition) is 4. The van der Waals surface area contributed by atoms with Gasteiger partial charge in [0.25, 0.3) is 0 Å². The van der Waals surface area contributed by atoms with Crippen molar-refractivity contribution in [3.05, 3.63) is 23.3 Å². The molecular weight excluding hydrogens is 206 g/mol. The molecule has 1 atom stereocenters. The molecule has 1 aromatic carbocycles. The van der Waals surface area contributed by atoms with Crippen LogP contribution in [-0.2, 0) is 12.8 Å². The molecule has 3 nitrogen and oxygen atoms in total. The second-order valence-electron chi connectivity index (χ2n) is 4.14. The Labute approximate surface area is 92.1 Å². The van der Waals surface area contributed by atoms with Gasteiger partial charge in [-0.3, -0.25) is 0 Å². The average Bonchev–Trinajstić information content (AvgIpc) is 2.53. The minimum absolute atomic E-state index is 0.311. The van der Waals surface area contributed by atoms with E-state index in [1.807, 2.05) is 0 Å². The number of aromatic nitrogens is 1. The Morgan fingerprint density at radius 1 is 1.33 bits per heavy atom. The average molecular weight is 219 g/mol. The normalized spacial score (nSPS) is 20.5. The van der Waals surface area contributed by atoms with E-state index in [1.54, 1.807) is 11.3 Å². The van der Waals surface area contributed by atoms with Crippen molar-refractivity contribution in [3.63, 3.8) is 0 Å². The Morgan fingerprint density at radius 2 is 2.20 bits per heavy atom. The first-order valence-corrected chi connectivity index (χ1v) is 5.97. The van der Waals surface area contributed by atoms with Gasteiger partial charge in [0.1, 0.15) is 0 Å². The molecule has 1 aromatic heterocycles. The Hall–Kier alpha value is -1.13. The number of thiazole rings is 1. The highest BCUT2D eigenvalue weighted by atomic mass is 32.1. The number of rotatable bonds is 0. The summed E-state index contributed by atoms with van der Waals surface area (Å²) < 4.78 is 1.20. The van der Waals surface area contributed by atoms with E-state index in [9.17, 15) is 0 Å². The molecule has 0 saturated heterocycles. The minimum atomic E-state index is 0.311. The van der Waals surface area contributed by atoms with Crippen molar-refractivity contribution in [1.29, 1.82) is 0 Å². The molecule has 1 aliphatic rings. The van der Waals surface area contributed by atoms with Gasteiger partial charge in [-0.05, 0) is 42.5 Å². The molecule has 2 aromatic rings. The number of anilines is 1. The summed E-state index contributed by atoms with van der Waals surface area (Å²) in [6.07, 6.45) is 3.15. The van der Waals surface area contributed by atoms with E-state index in [-0.39, 0.29) is 0 Å². The van der Waals surface area contributed by atoms with Crippen molar-refractivity contribution in [1.82, 2.24) is 4.98 Å². The third-order valence-electron chi connectivity index (χ3n) is 2.99. The van der Waals surface area contributed by atoms with Crippen molar-refractivity contribution in [2.75, 3.05) is 5.73 Å². The van der Waals surface area contributed by atoms with Crippen LogP contribution in [0.25, 0.3) is 10.2 Å². The van der Waals surface area contributed by atoms with E-state index in [0.717, 1.165) is 24.8 Å². The lowest BCUT2D eigenvalue weighted by Crippen LogP contribution is -2.27. The summed E-state index contributed by atoms with van der Waals surface area (Å²) in [6.45, 7) is 0. The monoisotopic (exact) mass is 219 g/mol. The van der Waals surface area contributed by atoms with Crippen LogP contribution < -0.4 is 11.5 Å². The fourth-order valence-electron chi connectivity index (χ4n) is 2.23. The molecule has 0 radical (unpaired) electrons. The second-order valence-corrected chi connectivity index (χ2v) is 5.21. The largest absolute Gasteiger partial charge is 0.375 e. The molecule has 0 amide bonds. The van der Waals surface area contributed by atoms with Crippen molar-refractivity contribution < 1.29 is 0 Å². The molecule has 1 unspecified atom stereocenters. The summed E-state index contributed by atoms with van der Waals surface area (Å²) in [4.78, 5) is 4.30. The van der Waals surface area contributed by atoms with Crippen molar-refractivity contribution in [2.45, 2.75) is 25.3 Å². The molecule has 4 N–H and O–H groups in total. The van der Waals surface area contributed by atoms with Gasteiger partial charge in [-0.2, -0.15) is 0 Å². The van der Waals surface area contributed by atoms with Gasteiger partial charge in [-0.25, -0.2) is 4.98 Å². The predicted octanol–water partition coefficient (Wildman–Crippen LogP) is 1.69. The Balaban J connectivity index is 2.19. The first-order chi connectivity index (χ1) is 7.22. The van der Waals surface area contributed by atoms with E-state index in [4.69, 9.17) is 11.5 Å². The zero-order valence-electron chi connectivity index (χ0n) is 8.36. The van der Waals surface area contributed by atoms with Crippen molar-refractivity contribution in [3.8, 4) is 0 Å². The fourth-order valence-corrected chi connectivity index (χ4v) is 3.00. The molecular formula is C11H13N3S. The molecule has 0 saturated carbocycles. The van der Waals surface area contributed by atoms with Crippen LogP contribution in [0.3, 0.4) is 0 Å². The smallest absolute Gasteiger partial charge is 0.181 e. The van der Waals surface area contributed by atoms with E-state index in [1.165, 1.54) is 15.8 Å². The molecule has 1 heterocycles. The molecule has 4 heteroatoms. The Morgan fingerprint density at radius 3 is 3.07 bits per heavy atom. The van der Waals surface area contributed by atoms with Crippen LogP contribution in [0.4, 0.5) is 5.13 Å². The van der Waals surface area contributed by atoms with E-state index < -0.39 is 0 Å². The van der Waals surface area contributed by atoms with Gasteiger partial charge in [0.05, 0.1) is 10.2 Å². The second kappa shape index (κ2) is 3.18. The van der Waals surface area contributed by atoms with Gasteiger partial charge >= 0.3 is 0 Å². The lowest BCUT2D eigenvalue weighted by molar-refractivity contribution is 0.577. The highest BCUT2D eigenvalue weighted by molar-refractivity contribution is 7.22. The summed E-state index contributed by atoms with van der Waals surface area (Å²) in [5.41, 5.74) is 15.5. The summed E-state index contributed by atoms with van der Waals surface area (Å²) in [5, 5.41) is 0.650. The Kier molecular flexibility index (Phi) is 1.94. The first-order valence-electron chi connectivity index (χ1n) is 5.16. The number of nitrogens with two attached hydrogens (primary N) is 2. The molecule has 3 rings (SSSR count). The van der Waals surface area contributed by atoms with Gasteiger partial charge in [-0.15, -0.1) is 0 Å². The molecule has 0 aliphatic heterocycles. The maximum absolute atomic E-state index is 5.96. The standard InChI is InChI=1S/C11H13N3S/c12-8-2-1-6-5-10-9(4-7(6)3-8)14-11(13)15-10/h4-5,8H,1-3,12H2,(H2,13,14). The maximum atomic E-state index is 5.96. The minimum Gasteiger partial charge on any atom is -0.375 e. The number of nitrogens with zero attached hydrogens (tertiary/aromatic N) is 1. The van der Waals surface area contributed by atoms with Gasteiger partial charge in [0.2, 0.25) is 0 Å². The van der Waals surface area contributed by atoms with Crippen LogP contribution in [0, 0.1) is 0 Å². The fraction of sp³-hybridized carbons (Fsp3) is 0.364. The highest BCUT2D eigenvalue weighted by Crippen LogP contribution is 2.30. The van der Waals surface area contributed by atoms with Crippen LogP contribution in [0.15, 0.2) is 12.1 Å². The number of aryl methyl sites for hydroxylation is 1. The van der Waals surface area contributed by atoms with Crippen LogP contribution >= 0.6 is 11.3 Å². The molecule has 0 spiro atoms. The third kappa shape index (κ3) is 1.50. The number of nitrogen functional groups attached to an aromatic ring is 1. The molecule has 0 bridgehead atoms. The topological polar surface area (TPSA) is 64.9 Å². The van der Waals surface area contributed by atoms with Crippen molar-refractivity contribution >= 4 is 26.7 Å². The van der Waals surface area contributed by atoms with E-state index >= 15 is 0 Å². The van der Waals surface area contributed by atoms with Crippen molar-refractivity contribution in [2.24, 2.45) is 5.73 Å². The number of benzene rings is 1. The molecule has 0 fully saturated rings. The SMILES string of the molecule is Nc1nc2cc3c(cc2s1)CCC(N)C3.